The third-order valence-electron chi connectivity index (χ3n) is 2.45. The van der Waals surface area contributed by atoms with E-state index in [1.54, 1.807) is 5.38 Å². The van der Waals surface area contributed by atoms with Crippen LogP contribution in [-0.2, 0) is 6.42 Å². The summed E-state index contributed by atoms with van der Waals surface area (Å²) in [5, 5.41) is 11.9. The minimum Gasteiger partial charge on any atom is -0.391 e. The molecule has 0 amide bonds. The van der Waals surface area contributed by atoms with Crippen LogP contribution in [0.2, 0.25) is 0 Å². The Bertz CT molecular complexity index is 545. The summed E-state index contributed by atoms with van der Waals surface area (Å²) in [6.07, 6.45) is -0.265. The maximum absolute atomic E-state index is 13.1. The fourth-order valence-corrected chi connectivity index (χ4v) is 2.35. The quantitative estimate of drug-likeness (QED) is 0.892. The van der Waals surface area contributed by atoms with Gasteiger partial charge >= 0.3 is 0 Å². The molecule has 2 rings (SSSR count). The lowest BCUT2D eigenvalue weighted by atomic mass is 10.1. The number of nitrogens with zero attached hydrogens (tertiary/aromatic N) is 1. The number of aliphatic hydroxyl groups is 1. The number of halogens is 2. The van der Waals surface area contributed by atoms with Crippen LogP contribution in [0, 0.1) is 11.6 Å². The van der Waals surface area contributed by atoms with E-state index >= 15 is 0 Å². The van der Waals surface area contributed by atoms with Gasteiger partial charge in [-0.1, -0.05) is 0 Å². The molecule has 2 aromatic rings. The first-order valence-electron chi connectivity index (χ1n) is 5.38. The zero-order valence-electron chi connectivity index (χ0n) is 9.44. The first-order chi connectivity index (χ1) is 8.60. The Hall–Kier alpha value is -1.37. The van der Waals surface area contributed by atoms with E-state index in [0.717, 1.165) is 12.1 Å². The predicted molar refractivity (Wildman–Crippen MR) is 66.2 cm³/mol. The molecule has 0 saturated heterocycles. The lowest BCUT2D eigenvalue weighted by molar-refractivity contribution is 0.183. The van der Waals surface area contributed by atoms with Gasteiger partial charge in [0.25, 0.3) is 0 Å². The Morgan fingerprint density at radius 2 is 2.11 bits per heavy atom. The van der Waals surface area contributed by atoms with E-state index < -0.39 is 17.7 Å². The highest BCUT2D eigenvalue weighted by molar-refractivity contribution is 7.09. The van der Waals surface area contributed by atoms with Crippen LogP contribution in [0.1, 0.15) is 5.01 Å². The van der Waals surface area contributed by atoms with Crippen molar-refractivity contribution in [1.82, 2.24) is 4.98 Å². The number of thiazole rings is 1. The molecule has 96 valence electrons. The molecule has 0 aliphatic carbocycles. The largest absolute Gasteiger partial charge is 0.391 e. The van der Waals surface area contributed by atoms with Crippen LogP contribution < -0.4 is 5.73 Å². The molecule has 1 atom stereocenters. The Morgan fingerprint density at radius 3 is 2.78 bits per heavy atom. The molecule has 0 saturated carbocycles. The summed E-state index contributed by atoms with van der Waals surface area (Å²) in [6, 6.07) is 3.64. The normalized spacial score (nSPS) is 12.7. The number of rotatable bonds is 4. The smallest absolute Gasteiger partial charge is 0.159 e. The second kappa shape index (κ2) is 5.51. The maximum Gasteiger partial charge on any atom is 0.159 e. The summed E-state index contributed by atoms with van der Waals surface area (Å²) in [7, 11) is 0. The van der Waals surface area contributed by atoms with Gasteiger partial charge in [0.15, 0.2) is 11.6 Å². The second-order valence-electron chi connectivity index (χ2n) is 3.85. The van der Waals surface area contributed by atoms with Crippen LogP contribution >= 0.6 is 11.3 Å². The van der Waals surface area contributed by atoms with Gasteiger partial charge < -0.3 is 10.8 Å². The summed E-state index contributed by atoms with van der Waals surface area (Å²) >= 11 is 1.36. The molecule has 1 aromatic heterocycles. The minimum absolute atomic E-state index is 0.167. The average molecular weight is 270 g/mol. The highest BCUT2D eigenvalue weighted by Gasteiger charge is 2.10. The Kier molecular flexibility index (Phi) is 4.00. The summed E-state index contributed by atoms with van der Waals surface area (Å²) in [5.41, 5.74) is 6.39. The van der Waals surface area contributed by atoms with Crippen LogP contribution in [-0.4, -0.2) is 22.7 Å². The highest BCUT2D eigenvalue weighted by Crippen LogP contribution is 2.24. The Labute approximate surface area is 107 Å². The SMILES string of the molecule is NCC(O)Cc1nc(-c2ccc(F)c(F)c2)cs1. The molecule has 6 heteroatoms. The van der Waals surface area contributed by atoms with E-state index in [1.807, 2.05) is 0 Å². The van der Waals surface area contributed by atoms with Gasteiger partial charge in [0.2, 0.25) is 0 Å². The highest BCUT2D eigenvalue weighted by atomic mass is 32.1. The second-order valence-corrected chi connectivity index (χ2v) is 4.79. The molecule has 1 heterocycles. The van der Waals surface area contributed by atoms with Crippen LogP contribution in [0.3, 0.4) is 0 Å². The first kappa shape index (κ1) is 13.1. The van der Waals surface area contributed by atoms with E-state index in [1.165, 1.54) is 17.4 Å². The monoisotopic (exact) mass is 270 g/mol. The third kappa shape index (κ3) is 2.90. The van der Waals surface area contributed by atoms with E-state index in [-0.39, 0.29) is 6.54 Å². The van der Waals surface area contributed by atoms with Gasteiger partial charge in [-0.2, -0.15) is 0 Å². The summed E-state index contributed by atoms with van der Waals surface area (Å²) in [6.45, 7) is 0.167. The van der Waals surface area contributed by atoms with E-state index in [0.29, 0.717) is 22.7 Å². The standard InChI is InChI=1S/C12H12F2N2OS/c13-9-2-1-7(3-10(9)14)11-6-18-12(16-11)4-8(17)5-15/h1-3,6,8,17H,4-5,15H2. The van der Waals surface area contributed by atoms with Gasteiger partial charge in [-0.3, -0.25) is 0 Å². The average Bonchev–Trinajstić information content (AvgIpc) is 2.81. The maximum atomic E-state index is 13.1. The Balaban J connectivity index is 2.21. The molecule has 3 nitrogen and oxygen atoms in total. The van der Waals surface area contributed by atoms with Gasteiger partial charge in [-0.25, -0.2) is 13.8 Å². The van der Waals surface area contributed by atoms with Crippen molar-refractivity contribution in [1.29, 1.82) is 0 Å². The van der Waals surface area contributed by atoms with Gasteiger partial charge in [0, 0.05) is 23.9 Å². The van der Waals surface area contributed by atoms with Crippen LogP contribution in [0.4, 0.5) is 8.78 Å². The first-order valence-corrected chi connectivity index (χ1v) is 6.26. The van der Waals surface area contributed by atoms with Crippen molar-refractivity contribution in [3.63, 3.8) is 0 Å². The molecule has 0 bridgehead atoms. The van der Waals surface area contributed by atoms with Crippen molar-refractivity contribution in [3.8, 4) is 11.3 Å². The lowest BCUT2D eigenvalue weighted by Crippen LogP contribution is -2.21. The third-order valence-corrected chi connectivity index (χ3v) is 3.32. The van der Waals surface area contributed by atoms with E-state index in [9.17, 15) is 13.9 Å². The molecule has 18 heavy (non-hydrogen) atoms. The number of benzene rings is 1. The van der Waals surface area contributed by atoms with Gasteiger partial charge in [0.05, 0.1) is 16.8 Å². The molecule has 3 N–H and O–H groups in total. The minimum atomic E-state index is -0.899. The molecule has 1 aromatic carbocycles. The van der Waals surface area contributed by atoms with E-state index in [4.69, 9.17) is 5.73 Å². The predicted octanol–water partition coefficient (Wildman–Crippen LogP) is 1.95. The Morgan fingerprint density at radius 1 is 1.33 bits per heavy atom. The summed E-state index contributed by atoms with van der Waals surface area (Å²) < 4.78 is 25.9. The fraction of sp³-hybridized carbons (Fsp3) is 0.250. The van der Waals surface area contributed by atoms with Gasteiger partial charge in [-0.05, 0) is 18.2 Å². The molecule has 0 radical (unpaired) electrons. The van der Waals surface area contributed by atoms with Crippen molar-refractivity contribution in [2.24, 2.45) is 5.73 Å². The topological polar surface area (TPSA) is 59.1 Å². The summed E-state index contributed by atoms with van der Waals surface area (Å²) in [5.74, 6) is -1.78. The van der Waals surface area contributed by atoms with Crippen LogP contribution in [0.25, 0.3) is 11.3 Å². The van der Waals surface area contributed by atoms with E-state index in [2.05, 4.69) is 4.98 Å². The number of hydrogen-bond acceptors (Lipinski definition) is 4. The van der Waals surface area contributed by atoms with Crippen molar-refractivity contribution < 1.29 is 13.9 Å². The number of hydrogen-bond donors (Lipinski definition) is 2. The fourth-order valence-electron chi connectivity index (χ4n) is 1.48. The van der Waals surface area contributed by atoms with Crippen molar-refractivity contribution in [3.05, 3.63) is 40.2 Å². The molecule has 0 fully saturated rings. The zero-order valence-corrected chi connectivity index (χ0v) is 10.3. The molecular formula is C12H12F2N2OS. The molecule has 0 aliphatic heterocycles. The van der Waals surface area contributed by atoms with Crippen molar-refractivity contribution in [2.75, 3.05) is 6.54 Å². The van der Waals surface area contributed by atoms with Crippen LogP contribution in [0.15, 0.2) is 23.6 Å². The molecule has 0 aliphatic rings. The number of aliphatic hydroxyl groups excluding tert-OH is 1. The number of aromatic nitrogens is 1. The number of nitrogens with two attached hydrogens (primary N) is 1. The molecular weight excluding hydrogens is 258 g/mol. The van der Waals surface area contributed by atoms with Crippen molar-refractivity contribution in [2.45, 2.75) is 12.5 Å². The lowest BCUT2D eigenvalue weighted by Gasteiger charge is -2.03. The molecule has 0 spiro atoms. The van der Waals surface area contributed by atoms with Crippen LogP contribution in [0.5, 0.6) is 0 Å². The summed E-state index contributed by atoms with van der Waals surface area (Å²) in [4.78, 5) is 4.25. The van der Waals surface area contributed by atoms with Crippen molar-refractivity contribution >= 4 is 11.3 Å². The molecule has 1 unspecified atom stereocenters. The zero-order chi connectivity index (χ0) is 13.1. The van der Waals surface area contributed by atoms with Gasteiger partial charge in [0.1, 0.15) is 0 Å². The van der Waals surface area contributed by atoms with Gasteiger partial charge in [-0.15, -0.1) is 11.3 Å².